The second-order valence-corrected chi connectivity index (χ2v) is 4.79. The molecule has 2 rings (SSSR count). The number of aryl methyl sites for hydroxylation is 1. The highest BCUT2D eigenvalue weighted by atomic mass is 32.2. The highest BCUT2D eigenvalue weighted by Gasteiger charge is 2.14. The first kappa shape index (κ1) is 13.7. The van der Waals surface area contributed by atoms with E-state index in [1.54, 1.807) is 6.07 Å². The zero-order chi connectivity index (χ0) is 13.1. The van der Waals surface area contributed by atoms with Gasteiger partial charge in [-0.1, -0.05) is 44.2 Å². The van der Waals surface area contributed by atoms with Crippen molar-refractivity contribution >= 4 is 20.9 Å². The third-order valence-electron chi connectivity index (χ3n) is 2.35. The molecule has 0 spiro atoms. The van der Waals surface area contributed by atoms with Gasteiger partial charge in [-0.3, -0.25) is 4.55 Å². The zero-order valence-electron chi connectivity index (χ0n) is 10.1. The van der Waals surface area contributed by atoms with Crippen LogP contribution in [-0.4, -0.2) is 13.0 Å². The lowest BCUT2D eigenvalue weighted by Gasteiger charge is -2.06. The first-order chi connectivity index (χ1) is 8.00. The lowest BCUT2D eigenvalue weighted by molar-refractivity contribution is 0.484. The van der Waals surface area contributed by atoms with Gasteiger partial charge in [0, 0.05) is 5.39 Å². The third kappa shape index (κ3) is 2.84. The summed E-state index contributed by atoms with van der Waals surface area (Å²) in [6.45, 7) is 5.82. The molecule has 0 heterocycles. The van der Waals surface area contributed by atoms with Gasteiger partial charge in [0.05, 0.1) is 0 Å². The Morgan fingerprint density at radius 1 is 1.00 bits per heavy atom. The van der Waals surface area contributed by atoms with Crippen LogP contribution < -0.4 is 0 Å². The molecule has 0 atom stereocenters. The van der Waals surface area contributed by atoms with E-state index >= 15 is 0 Å². The highest BCUT2D eigenvalue weighted by molar-refractivity contribution is 7.86. The van der Waals surface area contributed by atoms with Crippen LogP contribution in [0.1, 0.15) is 19.4 Å². The van der Waals surface area contributed by atoms with Crippen molar-refractivity contribution in [2.24, 2.45) is 0 Å². The van der Waals surface area contributed by atoms with Crippen molar-refractivity contribution in [1.82, 2.24) is 0 Å². The first-order valence-corrected chi connectivity index (χ1v) is 6.90. The molecular weight excluding hydrogens is 236 g/mol. The molecule has 0 radical (unpaired) electrons. The Kier molecular flexibility index (Phi) is 4.26. The van der Waals surface area contributed by atoms with E-state index in [-0.39, 0.29) is 4.90 Å². The van der Waals surface area contributed by atoms with E-state index < -0.39 is 10.1 Å². The van der Waals surface area contributed by atoms with Crippen molar-refractivity contribution in [3.63, 3.8) is 0 Å². The SMILES string of the molecule is CC.Cc1cccc2cccc(S(=O)(=O)O)c12. The molecule has 0 amide bonds. The van der Waals surface area contributed by atoms with E-state index in [1.165, 1.54) is 6.07 Å². The summed E-state index contributed by atoms with van der Waals surface area (Å²) in [5.74, 6) is 0. The predicted molar refractivity (Wildman–Crippen MR) is 69.8 cm³/mol. The molecule has 3 nitrogen and oxygen atoms in total. The van der Waals surface area contributed by atoms with Crippen LogP contribution in [0.15, 0.2) is 41.3 Å². The van der Waals surface area contributed by atoms with Crippen LogP contribution in [0.25, 0.3) is 10.8 Å². The van der Waals surface area contributed by atoms with Gasteiger partial charge >= 0.3 is 0 Å². The van der Waals surface area contributed by atoms with Crippen molar-refractivity contribution in [2.75, 3.05) is 0 Å². The van der Waals surface area contributed by atoms with Crippen LogP contribution in [0.3, 0.4) is 0 Å². The van der Waals surface area contributed by atoms with Crippen molar-refractivity contribution in [3.8, 4) is 0 Å². The molecule has 0 saturated carbocycles. The topological polar surface area (TPSA) is 54.4 Å². The minimum atomic E-state index is -4.15. The third-order valence-corrected chi connectivity index (χ3v) is 3.25. The molecule has 0 saturated heterocycles. The molecule has 0 aromatic heterocycles. The van der Waals surface area contributed by atoms with Crippen molar-refractivity contribution in [1.29, 1.82) is 0 Å². The van der Waals surface area contributed by atoms with Gasteiger partial charge in [-0.15, -0.1) is 0 Å². The molecule has 0 aliphatic heterocycles. The summed E-state index contributed by atoms with van der Waals surface area (Å²) in [5.41, 5.74) is 0.834. The average Bonchev–Trinajstić information content (AvgIpc) is 2.30. The molecule has 92 valence electrons. The maximum absolute atomic E-state index is 11.2. The Balaban J connectivity index is 0.000000686. The van der Waals surface area contributed by atoms with Crippen LogP contribution >= 0.6 is 0 Å². The standard InChI is InChI=1S/C11H10O3S.C2H6/c1-8-4-2-5-9-6-3-7-10(11(8)9)15(12,13)14;1-2/h2-7H,1H3,(H,12,13,14);1-2H3. The Labute approximate surface area is 102 Å². The van der Waals surface area contributed by atoms with Gasteiger partial charge in [0.15, 0.2) is 0 Å². The van der Waals surface area contributed by atoms with Crippen LogP contribution in [0.4, 0.5) is 0 Å². The predicted octanol–water partition coefficient (Wildman–Crippen LogP) is 3.42. The molecular formula is C13H16O3S. The summed E-state index contributed by atoms with van der Waals surface area (Å²) >= 11 is 0. The molecule has 2 aromatic rings. The smallest absolute Gasteiger partial charge is 0.282 e. The quantitative estimate of drug-likeness (QED) is 0.791. The van der Waals surface area contributed by atoms with Gasteiger partial charge in [-0.2, -0.15) is 8.42 Å². The van der Waals surface area contributed by atoms with Gasteiger partial charge in [0.25, 0.3) is 10.1 Å². The average molecular weight is 252 g/mol. The van der Waals surface area contributed by atoms with E-state index in [0.29, 0.717) is 5.39 Å². The molecule has 1 N–H and O–H groups in total. The molecule has 0 unspecified atom stereocenters. The Hall–Kier alpha value is -1.39. The summed E-state index contributed by atoms with van der Waals surface area (Å²) in [6, 6.07) is 10.3. The number of benzene rings is 2. The summed E-state index contributed by atoms with van der Waals surface area (Å²) in [5, 5.41) is 1.40. The molecule has 0 fully saturated rings. The van der Waals surface area contributed by atoms with E-state index in [2.05, 4.69) is 0 Å². The summed E-state index contributed by atoms with van der Waals surface area (Å²) in [6.07, 6.45) is 0. The molecule has 0 aliphatic carbocycles. The monoisotopic (exact) mass is 252 g/mol. The largest absolute Gasteiger partial charge is 0.295 e. The minimum absolute atomic E-state index is 0.0295. The lowest BCUT2D eigenvalue weighted by atomic mass is 10.1. The normalized spacial score (nSPS) is 10.8. The van der Waals surface area contributed by atoms with E-state index in [0.717, 1.165) is 10.9 Å². The number of hydrogen-bond acceptors (Lipinski definition) is 2. The van der Waals surface area contributed by atoms with Gasteiger partial charge in [0.2, 0.25) is 0 Å². The van der Waals surface area contributed by atoms with Crippen LogP contribution in [-0.2, 0) is 10.1 Å². The number of fused-ring (bicyclic) bond motifs is 1. The molecule has 17 heavy (non-hydrogen) atoms. The maximum atomic E-state index is 11.2. The van der Waals surface area contributed by atoms with Crippen LogP contribution in [0.5, 0.6) is 0 Å². The summed E-state index contributed by atoms with van der Waals surface area (Å²) < 4.78 is 31.4. The minimum Gasteiger partial charge on any atom is -0.282 e. The highest BCUT2D eigenvalue weighted by Crippen LogP contribution is 2.25. The maximum Gasteiger partial charge on any atom is 0.295 e. The summed E-state index contributed by atoms with van der Waals surface area (Å²) in [7, 11) is -4.15. The second kappa shape index (κ2) is 5.29. The molecule has 0 aliphatic rings. The van der Waals surface area contributed by atoms with E-state index in [4.69, 9.17) is 4.55 Å². The van der Waals surface area contributed by atoms with Crippen LogP contribution in [0.2, 0.25) is 0 Å². The first-order valence-electron chi connectivity index (χ1n) is 5.46. The number of rotatable bonds is 1. The van der Waals surface area contributed by atoms with Crippen molar-refractivity contribution in [2.45, 2.75) is 25.7 Å². The summed E-state index contributed by atoms with van der Waals surface area (Å²) in [4.78, 5) is -0.0295. The van der Waals surface area contributed by atoms with Gasteiger partial charge in [-0.05, 0) is 23.9 Å². The molecule has 4 heteroatoms. The molecule has 2 aromatic carbocycles. The Bertz CT molecular complexity index is 610. The fourth-order valence-electron chi connectivity index (χ4n) is 1.70. The Morgan fingerprint density at radius 3 is 2.06 bits per heavy atom. The lowest BCUT2D eigenvalue weighted by Crippen LogP contribution is -1.99. The van der Waals surface area contributed by atoms with E-state index in [9.17, 15) is 8.42 Å². The molecule has 0 bridgehead atoms. The van der Waals surface area contributed by atoms with Crippen molar-refractivity contribution < 1.29 is 13.0 Å². The fraction of sp³-hybridized carbons (Fsp3) is 0.231. The van der Waals surface area contributed by atoms with Gasteiger partial charge in [-0.25, -0.2) is 0 Å². The van der Waals surface area contributed by atoms with Gasteiger partial charge in [0.1, 0.15) is 4.90 Å². The van der Waals surface area contributed by atoms with Crippen molar-refractivity contribution in [3.05, 3.63) is 42.0 Å². The second-order valence-electron chi connectivity index (χ2n) is 3.40. The number of hydrogen-bond donors (Lipinski definition) is 1. The van der Waals surface area contributed by atoms with Crippen LogP contribution in [0, 0.1) is 6.92 Å². The van der Waals surface area contributed by atoms with Gasteiger partial charge < -0.3 is 0 Å². The zero-order valence-corrected chi connectivity index (χ0v) is 11.0. The fourth-order valence-corrected chi connectivity index (χ4v) is 2.49. The van der Waals surface area contributed by atoms with E-state index in [1.807, 2.05) is 45.0 Å². The Morgan fingerprint density at radius 2 is 1.53 bits per heavy atom.